The first-order chi connectivity index (χ1) is 16.9. The summed E-state index contributed by atoms with van der Waals surface area (Å²) in [4.78, 5) is 39.6. The van der Waals surface area contributed by atoms with Gasteiger partial charge in [0, 0.05) is 12.0 Å². The zero-order valence-corrected chi connectivity index (χ0v) is 19.2. The summed E-state index contributed by atoms with van der Waals surface area (Å²) >= 11 is 0. The van der Waals surface area contributed by atoms with E-state index in [-0.39, 0.29) is 24.0 Å². The number of ether oxygens (including phenoxy) is 2. The third kappa shape index (κ3) is 3.97. The molecule has 3 aromatic rings. The lowest BCUT2D eigenvalue weighted by molar-refractivity contribution is -0.140. The van der Waals surface area contributed by atoms with Crippen LogP contribution in [0, 0.1) is 0 Å². The molecule has 2 aliphatic rings. The van der Waals surface area contributed by atoms with Crippen LogP contribution >= 0.6 is 0 Å². The number of hydrogen-bond donors (Lipinski definition) is 1. The van der Waals surface area contributed by atoms with E-state index in [0.29, 0.717) is 28.9 Å². The molecular formula is C27H23NO7. The number of aliphatic hydroxyl groups excluding tert-OH is 1. The number of likely N-dealkylation sites (tertiary alicyclic amines) is 1. The van der Waals surface area contributed by atoms with Crippen molar-refractivity contribution < 1.29 is 33.4 Å². The van der Waals surface area contributed by atoms with E-state index in [2.05, 4.69) is 0 Å². The molecule has 0 unspecified atom stereocenters. The second-order valence-corrected chi connectivity index (χ2v) is 8.58. The molecule has 1 saturated heterocycles. The number of benzene rings is 2. The number of carbonyl (C=O) groups is 3. The highest BCUT2D eigenvalue weighted by Crippen LogP contribution is 2.41. The maximum absolute atomic E-state index is 13.2. The maximum Gasteiger partial charge on any atom is 0.337 e. The average molecular weight is 473 g/mol. The average Bonchev–Trinajstić information content (AvgIpc) is 3.57. The standard InChI is InChI=1S/C27H23NO7/c1-15-12-19-13-18(9-10-21(19)35-15)24(29)22-23(16-5-7-17(8-6-16)27(32)33-2)28(26(31)25(22)30)14-20-4-3-11-34-20/h3-11,13,15,23,29H,12,14H2,1-2H3/b24-22+/t15-,23-/m0/s1. The molecule has 0 aliphatic carbocycles. The van der Waals surface area contributed by atoms with Crippen LogP contribution in [0.1, 0.15) is 45.8 Å². The lowest BCUT2D eigenvalue weighted by Crippen LogP contribution is -2.29. The molecule has 8 nitrogen and oxygen atoms in total. The lowest BCUT2D eigenvalue weighted by atomic mass is 9.94. The van der Waals surface area contributed by atoms with Gasteiger partial charge >= 0.3 is 5.97 Å². The molecule has 2 aliphatic heterocycles. The normalized spacial score (nSPS) is 20.6. The van der Waals surface area contributed by atoms with Gasteiger partial charge in [-0.3, -0.25) is 9.59 Å². The molecule has 0 bridgehead atoms. The van der Waals surface area contributed by atoms with Gasteiger partial charge in [-0.15, -0.1) is 0 Å². The van der Waals surface area contributed by atoms with Gasteiger partial charge in [0.15, 0.2) is 0 Å². The summed E-state index contributed by atoms with van der Waals surface area (Å²) in [5.74, 6) is -1.08. The van der Waals surface area contributed by atoms with Crippen molar-refractivity contribution in [3.8, 4) is 5.75 Å². The number of rotatable bonds is 5. The Labute approximate surface area is 201 Å². The molecule has 0 radical (unpaired) electrons. The van der Waals surface area contributed by atoms with Crippen LogP contribution in [-0.2, 0) is 27.3 Å². The highest BCUT2D eigenvalue weighted by molar-refractivity contribution is 6.46. The number of aliphatic hydroxyl groups is 1. The molecule has 0 spiro atoms. The lowest BCUT2D eigenvalue weighted by Gasteiger charge is -2.24. The van der Waals surface area contributed by atoms with Gasteiger partial charge in [0.2, 0.25) is 0 Å². The van der Waals surface area contributed by atoms with Gasteiger partial charge in [0.1, 0.15) is 23.4 Å². The number of furan rings is 1. The molecule has 1 amide bonds. The Kier molecular flexibility index (Phi) is 5.64. The topological polar surface area (TPSA) is 106 Å². The van der Waals surface area contributed by atoms with Crippen LogP contribution in [0.15, 0.2) is 70.9 Å². The number of Topliss-reactive ketones (excluding diaryl/α,β-unsaturated/α-hetero) is 1. The van der Waals surface area contributed by atoms with E-state index in [9.17, 15) is 19.5 Å². The van der Waals surface area contributed by atoms with Crippen LogP contribution < -0.4 is 4.74 Å². The second-order valence-electron chi connectivity index (χ2n) is 8.58. The van der Waals surface area contributed by atoms with Gasteiger partial charge in [0.05, 0.1) is 37.1 Å². The first-order valence-electron chi connectivity index (χ1n) is 11.2. The van der Waals surface area contributed by atoms with Crippen LogP contribution in [0.5, 0.6) is 5.75 Å². The van der Waals surface area contributed by atoms with Gasteiger partial charge in [-0.2, -0.15) is 0 Å². The van der Waals surface area contributed by atoms with E-state index in [1.165, 1.54) is 18.3 Å². The summed E-state index contributed by atoms with van der Waals surface area (Å²) in [6, 6.07) is 14.1. The third-order valence-corrected chi connectivity index (χ3v) is 6.26. The summed E-state index contributed by atoms with van der Waals surface area (Å²) in [5, 5.41) is 11.3. The first kappa shape index (κ1) is 22.5. The molecule has 2 aromatic carbocycles. The monoisotopic (exact) mass is 473 g/mol. The van der Waals surface area contributed by atoms with Gasteiger partial charge < -0.3 is 23.9 Å². The van der Waals surface area contributed by atoms with E-state index < -0.39 is 23.7 Å². The van der Waals surface area contributed by atoms with Crippen molar-refractivity contribution >= 4 is 23.4 Å². The van der Waals surface area contributed by atoms with E-state index >= 15 is 0 Å². The van der Waals surface area contributed by atoms with Crippen molar-refractivity contribution in [1.29, 1.82) is 0 Å². The van der Waals surface area contributed by atoms with Crippen LogP contribution in [0.4, 0.5) is 0 Å². The number of amides is 1. The second kappa shape index (κ2) is 8.79. The molecule has 178 valence electrons. The van der Waals surface area contributed by atoms with E-state index in [4.69, 9.17) is 13.9 Å². The van der Waals surface area contributed by atoms with Gasteiger partial charge in [-0.25, -0.2) is 4.79 Å². The zero-order chi connectivity index (χ0) is 24.7. The molecule has 8 heteroatoms. The maximum atomic E-state index is 13.2. The highest BCUT2D eigenvalue weighted by atomic mass is 16.5. The van der Waals surface area contributed by atoms with Crippen LogP contribution in [0.25, 0.3) is 5.76 Å². The minimum absolute atomic E-state index is 0.0228. The Morgan fingerprint density at radius 2 is 1.86 bits per heavy atom. The molecule has 2 atom stereocenters. The highest BCUT2D eigenvalue weighted by Gasteiger charge is 2.46. The van der Waals surface area contributed by atoms with E-state index in [1.807, 2.05) is 6.92 Å². The zero-order valence-electron chi connectivity index (χ0n) is 19.2. The molecule has 3 heterocycles. The van der Waals surface area contributed by atoms with E-state index in [0.717, 1.165) is 11.3 Å². The van der Waals surface area contributed by atoms with Crippen molar-refractivity contribution in [2.45, 2.75) is 32.0 Å². The largest absolute Gasteiger partial charge is 0.507 e. The fourth-order valence-electron chi connectivity index (χ4n) is 4.60. The summed E-state index contributed by atoms with van der Waals surface area (Å²) in [5.41, 5.74) is 2.20. The summed E-state index contributed by atoms with van der Waals surface area (Å²) < 4.78 is 15.9. The fourth-order valence-corrected chi connectivity index (χ4v) is 4.60. The number of carbonyl (C=O) groups excluding carboxylic acids is 3. The SMILES string of the molecule is COC(=O)c1ccc([C@H]2/C(=C(\O)c3ccc4c(c3)C[C@H](C)O4)C(=O)C(=O)N2Cc2ccco2)cc1. The summed E-state index contributed by atoms with van der Waals surface area (Å²) in [6.45, 7) is 1.99. The number of esters is 1. The van der Waals surface area contributed by atoms with Gasteiger partial charge in [-0.05, 0) is 60.5 Å². The van der Waals surface area contributed by atoms with Crippen LogP contribution in [0.2, 0.25) is 0 Å². The Balaban J connectivity index is 1.61. The molecule has 1 aromatic heterocycles. The third-order valence-electron chi connectivity index (χ3n) is 6.26. The number of ketones is 1. The first-order valence-corrected chi connectivity index (χ1v) is 11.2. The Morgan fingerprint density at radius 3 is 2.54 bits per heavy atom. The number of fused-ring (bicyclic) bond motifs is 1. The molecule has 1 N–H and O–H groups in total. The van der Waals surface area contributed by atoms with Crippen molar-refractivity contribution in [2.75, 3.05) is 7.11 Å². The van der Waals surface area contributed by atoms with Crippen molar-refractivity contribution in [3.05, 3.63) is 94.4 Å². The van der Waals surface area contributed by atoms with Crippen LogP contribution in [-0.4, -0.2) is 40.9 Å². The fraction of sp³-hybridized carbons (Fsp3) is 0.222. The molecule has 0 saturated carbocycles. The van der Waals surface area contributed by atoms with Crippen molar-refractivity contribution in [1.82, 2.24) is 4.90 Å². The molecule has 35 heavy (non-hydrogen) atoms. The number of nitrogens with zero attached hydrogens (tertiary/aromatic N) is 1. The number of hydrogen-bond acceptors (Lipinski definition) is 7. The summed E-state index contributed by atoms with van der Waals surface area (Å²) in [7, 11) is 1.29. The minimum atomic E-state index is -0.879. The molecule has 1 fully saturated rings. The van der Waals surface area contributed by atoms with Crippen molar-refractivity contribution in [3.63, 3.8) is 0 Å². The molecule has 5 rings (SSSR count). The quantitative estimate of drug-likeness (QED) is 0.258. The van der Waals surface area contributed by atoms with Gasteiger partial charge in [-0.1, -0.05) is 12.1 Å². The Morgan fingerprint density at radius 1 is 1.11 bits per heavy atom. The number of methoxy groups -OCH3 is 1. The predicted molar refractivity (Wildman–Crippen MR) is 125 cm³/mol. The predicted octanol–water partition coefficient (Wildman–Crippen LogP) is 4.01. The smallest absolute Gasteiger partial charge is 0.337 e. The van der Waals surface area contributed by atoms with Gasteiger partial charge in [0.25, 0.3) is 11.7 Å². The molecular weight excluding hydrogens is 450 g/mol. The Bertz CT molecular complexity index is 1340. The van der Waals surface area contributed by atoms with E-state index in [1.54, 1.807) is 54.6 Å². The summed E-state index contributed by atoms with van der Waals surface area (Å²) in [6.07, 6.45) is 2.19. The minimum Gasteiger partial charge on any atom is -0.507 e. The van der Waals surface area contributed by atoms with Crippen LogP contribution in [0.3, 0.4) is 0 Å². The Hall–Kier alpha value is -4.33. The van der Waals surface area contributed by atoms with Crippen molar-refractivity contribution in [2.24, 2.45) is 0 Å².